The van der Waals surface area contributed by atoms with E-state index in [9.17, 15) is 4.79 Å². The van der Waals surface area contributed by atoms with E-state index >= 15 is 0 Å². The van der Waals surface area contributed by atoms with E-state index in [0.717, 1.165) is 46.7 Å². The van der Waals surface area contributed by atoms with Crippen LogP contribution in [0.1, 0.15) is 42.0 Å². The Balaban J connectivity index is 1.90. The standard InChI is InChI=1S/C18H18N2O3/c1-10-15-16(11-6-8-12(22-2)9-7-11)17-13(4-3-5-14(17)21)19-18(15)23-20-10/h6-9,16,19H,3-5H2,1-2H3. The molecule has 2 aliphatic rings. The number of aryl methyl sites for hydroxylation is 1. The highest BCUT2D eigenvalue weighted by Crippen LogP contribution is 2.46. The summed E-state index contributed by atoms with van der Waals surface area (Å²) in [7, 11) is 1.65. The zero-order chi connectivity index (χ0) is 16.0. The SMILES string of the molecule is COc1ccc(C2C3=C(CCCC3=O)Nc3onc(C)c32)cc1. The molecule has 0 fully saturated rings. The molecule has 0 amide bonds. The monoisotopic (exact) mass is 310 g/mol. The second-order valence-electron chi connectivity index (χ2n) is 6.01. The average molecular weight is 310 g/mol. The Morgan fingerprint density at radius 3 is 2.78 bits per heavy atom. The Bertz CT molecular complexity index is 802. The fourth-order valence-electron chi connectivity index (χ4n) is 3.55. The van der Waals surface area contributed by atoms with Gasteiger partial charge < -0.3 is 14.6 Å². The summed E-state index contributed by atoms with van der Waals surface area (Å²) < 4.78 is 10.7. The molecule has 0 saturated heterocycles. The Morgan fingerprint density at radius 2 is 2.04 bits per heavy atom. The average Bonchev–Trinajstić information content (AvgIpc) is 2.94. The van der Waals surface area contributed by atoms with Crippen molar-refractivity contribution in [2.24, 2.45) is 0 Å². The fraction of sp³-hybridized carbons (Fsp3) is 0.333. The Hall–Kier alpha value is -2.56. The lowest BCUT2D eigenvalue weighted by Crippen LogP contribution is -2.26. The molecule has 0 spiro atoms. The van der Waals surface area contributed by atoms with Crippen molar-refractivity contribution >= 4 is 11.7 Å². The molecule has 5 nitrogen and oxygen atoms in total. The summed E-state index contributed by atoms with van der Waals surface area (Å²) in [4.78, 5) is 12.6. The van der Waals surface area contributed by atoms with Crippen LogP contribution in [0.3, 0.4) is 0 Å². The zero-order valence-corrected chi connectivity index (χ0v) is 13.2. The molecule has 2 aromatic rings. The normalized spacial score (nSPS) is 19.9. The molecule has 1 atom stereocenters. The first-order valence-corrected chi connectivity index (χ1v) is 7.82. The van der Waals surface area contributed by atoms with Crippen molar-refractivity contribution in [3.63, 3.8) is 0 Å². The fourth-order valence-corrected chi connectivity index (χ4v) is 3.55. The number of ether oxygens (including phenoxy) is 1. The molecule has 1 aromatic carbocycles. The molecule has 2 heterocycles. The van der Waals surface area contributed by atoms with Crippen LogP contribution in [-0.4, -0.2) is 18.0 Å². The Kier molecular flexibility index (Phi) is 3.22. The third kappa shape index (κ3) is 2.15. The van der Waals surface area contributed by atoms with Gasteiger partial charge in [0.15, 0.2) is 5.78 Å². The number of anilines is 1. The van der Waals surface area contributed by atoms with Crippen molar-refractivity contribution in [3.05, 3.63) is 52.4 Å². The van der Waals surface area contributed by atoms with Crippen LogP contribution in [0.4, 0.5) is 5.88 Å². The molecule has 4 rings (SSSR count). The Labute approximate surface area is 134 Å². The lowest BCUT2D eigenvalue weighted by molar-refractivity contribution is -0.116. The molecule has 1 unspecified atom stereocenters. The summed E-state index contributed by atoms with van der Waals surface area (Å²) in [5.41, 5.74) is 4.68. The van der Waals surface area contributed by atoms with E-state index in [1.165, 1.54) is 0 Å². The third-order valence-electron chi connectivity index (χ3n) is 4.66. The molecule has 0 saturated carbocycles. The molecule has 1 N–H and O–H groups in total. The maximum absolute atomic E-state index is 12.6. The van der Waals surface area contributed by atoms with Crippen LogP contribution in [0.5, 0.6) is 5.75 Å². The number of carbonyl (C=O) groups excluding carboxylic acids is 1. The summed E-state index contributed by atoms with van der Waals surface area (Å²) >= 11 is 0. The minimum Gasteiger partial charge on any atom is -0.497 e. The quantitative estimate of drug-likeness (QED) is 0.919. The van der Waals surface area contributed by atoms with E-state index in [1.807, 2.05) is 31.2 Å². The molecule has 0 bridgehead atoms. The number of allylic oxidation sites excluding steroid dienone is 2. The second-order valence-corrected chi connectivity index (χ2v) is 6.01. The predicted octanol–water partition coefficient (Wildman–Crippen LogP) is 3.56. The van der Waals surface area contributed by atoms with E-state index in [-0.39, 0.29) is 11.7 Å². The van der Waals surface area contributed by atoms with Crippen molar-refractivity contribution < 1.29 is 14.1 Å². The van der Waals surface area contributed by atoms with Crippen LogP contribution >= 0.6 is 0 Å². The van der Waals surface area contributed by atoms with E-state index in [1.54, 1.807) is 7.11 Å². The first-order valence-electron chi connectivity index (χ1n) is 7.82. The number of Topliss-reactive ketones (excluding diaryl/α,β-unsaturated/α-hetero) is 1. The third-order valence-corrected chi connectivity index (χ3v) is 4.66. The van der Waals surface area contributed by atoms with Crippen LogP contribution in [0, 0.1) is 6.92 Å². The number of hydrogen-bond acceptors (Lipinski definition) is 5. The van der Waals surface area contributed by atoms with Gasteiger partial charge in [-0.2, -0.15) is 0 Å². The molecule has 118 valence electrons. The van der Waals surface area contributed by atoms with Crippen LogP contribution in [-0.2, 0) is 4.79 Å². The van der Waals surface area contributed by atoms with Crippen LogP contribution in [0.25, 0.3) is 0 Å². The predicted molar refractivity (Wildman–Crippen MR) is 85.6 cm³/mol. The number of carbonyl (C=O) groups is 1. The van der Waals surface area contributed by atoms with Crippen molar-refractivity contribution in [2.75, 3.05) is 12.4 Å². The molecule has 0 radical (unpaired) electrons. The highest BCUT2D eigenvalue weighted by atomic mass is 16.5. The maximum atomic E-state index is 12.6. The van der Waals surface area contributed by atoms with E-state index < -0.39 is 0 Å². The van der Waals surface area contributed by atoms with Crippen molar-refractivity contribution in [3.8, 4) is 5.75 Å². The van der Waals surface area contributed by atoms with Gasteiger partial charge in [-0.15, -0.1) is 0 Å². The number of aromatic nitrogens is 1. The minimum atomic E-state index is -0.119. The van der Waals surface area contributed by atoms with Gasteiger partial charge in [-0.05, 0) is 37.5 Å². The highest BCUT2D eigenvalue weighted by Gasteiger charge is 2.38. The second kappa shape index (κ2) is 5.26. The number of nitrogens with zero attached hydrogens (tertiary/aromatic N) is 1. The molecular formula is C18H18N2O3. The molecule has 5 heteroatoms. The van der Waals surface area contributed by atoms with Crippen LogP contribution < -0.4 is 10.1 Å². The van der Waals surface area contributed by atoms with Gasteiger partial charge in [0.05, 0.1) is 18.4 Å². The lowest BCUT2D eigenvalue weighted by Gasteiger charge is -2.31. The number of ketones is 1. The van der Waals surface area contributed by atoms with Crippen LogP contribution in [0.2, 0.25) is 0 Å². The summed E-state index contributed by atoms with van der Waals surface area (Å²) in [6, 6.07) is 7.87. The van der Waals surface area contributed by atoms with Gasteiger partial charge >= 0.3 is 0 Å². The topological polar surface area (TPSA) is 64.4 Å². The first kappa shape index (κ1) is 14.1. The Morgan fingerprint density at radius 1 is 1.26 bits per heavy atom. The van der Waals surface area contributed by atoms with E-state index in [0.29, 0.717) is 12.3 Å². The lowest BCUT2D eigenvalue weighted by atomic mass is 9.76. The first-order chi connectivity index (χ1) is 11.2. The van der Waals surface area contributed by atoms with Gasteiger partial charge in [-0.1, -0.05) is 17.3 Å². The van der Waals surface area contributed by atoms with Gasteiger partial charge in [0.25, 0.3) is 0 Å². The molecule has 1 aromatic heterocycles. The number of nitrogens with one attached hydrogen (secondary N) is 1. The smallest absolute Gasteiger partial charge is 0.233 e. The van der Waals surface area contributed by atoms with Crippen molar-refractivity contribution in [2.45, 2.75) is 32.1 Å². The summed E-state index contributed by atoms with van der Waals surface area (Å²) in [6.07, 6.45) is 2.35. The van der Waals surface area contributed by atoms with Gasteiger partial charge in [0.2, 0.25) is 5.88 Å². The van der Waals surface area contributed by atoms with Crippen LogP contribution in [0.15, 0.2) is 40.1 Å². The number of methoxy groups -OCH3 is 1. The summed E-state index contributed by atoms with van der Waals surface area (Å²) in [6.45, 7) is 1.92. The van der Waals surface area contributed by atoms with Gasteiger partial charge in [0.1, 0.15) is 5.75 Å². The minimum absolute atomic E-state index is 0.119. The molecular weight excluding hydrogens is 292 g/mol. The zero-order valence-electron chi connectivity index (χ0n) is 13.2. The number of benzene rings is 1. The van der Waals surface area contributed by atoms with E-state index in [2.05, 4.69) is 10.5 Å². The number of fused-ring (bicyclic) bond motifs is 1. The maximum Gasteiger partial charge on any atom is 0.233 e. The van der Waals surface area contributed by atoms with Crippen molar-refractivity contribution in [1.82, 2.24) is 5.16 Å². The summed E-state index contributed by atoms with van der Waals surface area (Å²) in [5.74, 6) is 1.56. The molecule has 1 aliphatic carbocycles. The highest BCUT2D eigenvalue weighted by molar-refractivity contribution is 6.00. The van der Waals surface area contributed by atoms with Gasteiger partial charge in [0, 0.05) is 23.6 Å². The number of rotatable bonds is 2. The van der Waals surface area contributed by atoms with E-state index in [4.69, 9.17) is 9.26 Å². The summed E-state index contributed by atoms with van der Waals surface area (Å²) in [5, 5.41) is 7.37. The molecule has 23 heavy (non-hydrogen) atoms. The van der Waals surface area contributed by atoms with Gasteiger partial charge in [-0.3, -0.25) is 4.79 Å². The molecule has 1 aliphatic heterocycles. The van der Waals surface area contributed by atoms with Crippen molar-refractivity contribution in [1.29, 1.82) is 0 Å². The number of hydrogen-bond donors (Lipinski definition) is 1. The van der Waals surface area contributed by atoms with Gasteiger partial charge in [-0.25, -0.2) is 0 Å². The largest absolute Gasteiger partial charge is 0.497 e.